The average Bonchev–Trinajstić information content (AvgIpc) is 3.20. The molecule has 1 fully saturated rings. The van der Waals surface area contributed by atoms with Crippen LogP contribution in [0.25, 0.3) is 0 Å². The fourth-order valence-electron chi connectivity index (χ4n) is 2.82. The molecule has 0 radical (unpaired) electrons. The molecule has 1 amide bonds. The molecule has 6 heteroatoms. The molecular formula is C22H26BrNO4. The maximum atomic E-state index is 12.5. The van der Waals surface area contributed by atoms with Crippen LogP contribution in [0.4, 0.5) is 5.69 Å². The number of rotatable bonds is 8. The summed E-state index contributed by atoms with van der Waals surface area (Å²) < 4.78 is 17.8. The molecule has 5 nitrogen and oxygen atoms in total. The van der Waals surface area contributed by atoms with Crippen molar-refractivity contribution in [2.45, 2.75) is 32.8 Å². The van der Waals surface area contributed by atoms with Gasteiger partial charge in [0.2, 0.25) is 0 Å². The predicted molar refractivity (Wildman–Crippen MR) is 113 cm³/mol. The molecule has 1 N–H and O–H groups in total. The lowest BCUT2D eigenvalue weighted by molar-refractivity contribution is 0.0677. The van der Waals surface area contributed by atoms with Crippen molar-refractivity contribution < 1.29 is 19.0 Å². The van der Waals surface area contributed by atoms with Crippen LogP contribution in [-0.4, -0.2) is 31.8 Å². The molecule has 1 atom stereocenters. The van der Waals surface area contributed by atoms with E-state index in [4.69, 9.17) is 14.2 Å². The van der Waals surface area contributed by atoms with Crippen molar-refractivity contribution in [3.8, 4) is 11.5 Å². The molecule has 1 aliphatic heterocycles. The van der Waals surface area contributed by atoms with Crippen LogP contribution in [-0.2, 0) is 4.74 Å². The lowest BCUT2D eigenvalue weighted by Crippen LogP contribution is -2.16. The van der Waals surface area contributed by atoms with E-state index >= 15 is 0 Å². The smallest absolute Gasteiger partial charge is 0.255 e. The maximum absolute atomic E-state index is 12.5. The molecule has 1 unspecified atom stereocenters. The monoisotopic (exact) mass is 447 g/mol. The van der Waals surface area contributed by atoms with Crippen LogP contribution in [0, 0.1) is 5.92 Å². The summed E-state index contributed by atoms with van der Waals surface area (Å²) in [6.45, 7) is 6.20. The number of hydrogen-bond donors (Lipinski definition) is 1. The Balaban J connectivity index is 1.55. The number of halogens is 1. The molecular weight excluding hydrogens is 422 g/mol. The number of hydrogen-bond acceptors (Lipinski definition) is 4. The molecule has 0 saturated carbocycles. The second-order valence-electron chi connectivity index (χ2n) is 7.27. The Labute approximate surface area is 174 Å². The topological polar surface area (TPSA) is 56.8 Å². The summed E-state index contributed by atoms with van der Waals surface area (Å²) in [5.74, 6) is 1.79. The molecule has 3 rings (SSSR count). The first-order valence-corrected chi connectivity index (χ1v) is 10.4. The number of amides is 1. The van der Waals surface area contributed by atoms with Gasteiger partial charge in [-0.1, -0.05) is 13.8 Å². The zero-order valence-corrected chi connectivity index (χ0v) is 17.8. The molecule has 1 heterocycles. The SMILES string of the molecule is CC(C)COc1ccc(NC(=O)c2ccc(OCC3CCCO3)c(Br)c2)cc1. The van der Waals surface area contributed by atoms with Gasteiger partial charge in [0.15, 0.2) is 0 Å². The van der Waals surface area contributed by atoms with Crippen molar-refractivity contribution in [2.75, 3.05) is 25.1 Å². The number of carbonyl (C=O) groups excluding carboxylic acids is 1. The van der Waals surface area contributed by atoms with Gasteiger partial charge in [0.1, 0.15) is 18.1 Å². The van der Waals surface area contributed by atoms with E-state index in [1.54, 1.807) is 18.2 Å². The summed E-state index contributed by atoms with van der Waals surface area (Å²) in [6.07, 6.45) is 2.26. The number of nitrogens with one attached hydrogen (secondary N) is 1. The van der Waals surface area contributed by atoms with Gasteiger partial charge in [0.25, 0.3) is 5.91 Å². The van der Waals surface area contributed by atoms with E-state index < -0.39 is 0 Å². The van der Waals surface area contributed by atoms with Gasteiger partial charge < -0.3 is 19.5 Å². The normalized spacial score (nSPS) is 16.2. The minimum Gasteiger partial charge on any atom is -0.493 e. The first kappa shape index (κ1) is 20.7. The van der Waals surface area contributed by atoms with Crippen LogP contribution in [0.3, 0.4) is 0 Å². The molecule has 150 valence electrons. The molecule has 0 aromatic heterocycles. The Morgan fingerprint density at radius 1 is 1.21 bits per heavy atom. The van der Waals surface area contributed by atoms with Crippen molar-refractivity contribution in [1.29, 1.82) is 0 Å². The number of benzene rings is 2. The van der Waals surface area contributed by atoms with Crippen LogP contribution < -0.4 is 14.8 Å². The Hall–Kier alpha value is -2.05. The molecule has 2 aromatic rings. The Morgan fingerprint density at radius 2 is 2.00 bits per heavy atom. The van der Waals surface area contributed by atoms with Gasteiger partial charge in [-0.25, -0.2) is 0 Å². The zero-order valence-electron chi connectivity index (χ0n) is 16.2. The second kappa shape index (κ2) is 9.94. The van der Waals surface area contributed by atoms with Gasteiger partial charge in [-0.05, 0) is 77.2 Å². The first-order valence-electron chi connectivity index (χ1n) is 9.59. The van der Waals surface area contributed by atoms with Gasteiger partial charge in [-0.2, -0.15) is 0 Å². The van der Waals surface area contributed by atoms with Crippen LogP contribution >= 0.6 is 15.9 Å². The molecule has 1 saturated heterocycles. The highest BCUT2D eigenvalue weighted by atomic mass is 79.9. The van der Waals surface area contributed by atoms with E-state index in [2.05, 4.69) is 35.1 Å². The Bertz CT molecular complexity index is 786. The van der Waals surface area contributed by atoms with Crippen molar-refractivity contribution in [2.24, 2.45) is 5.92 Å². The van der Waals surface area contributed by atoms with Crippen LogP contribution in [0.2, 0.25) is 0 Å². The highest BCUT2D eigenvalue weighted by molar-refractivity contribution is 9.10. The quantitative estimate of drug-likeness (QED) is 0.596. The van der Waals surface area contributed by atoms with E-state index in [1.165, 1.54) is 0 Å². The molecule has 0 bridgehead atoms. The fourth-order valence-corrected chi connectivity index (χ4v) is 3.31. The highest BCUT2D eigenvalue weighted by Gasteiger charge is 2.17. The molecule has 28 heavy (non-hydrogen) atoms. The third-order valence-electron chi connectivity index (χ3n) is 4.34. The van der Waals surface area contributed by atoms with Crippen molar-refractivity contribution in [3.63, 3.8) is 0 Å². The van der Waals surface area contributed by atoms with Crippen molar-refractivity contribution in [1.82, 2.24) is 0 Å². The van der Waals surface area contributed by atoms with Gasteiger partial charge in [0.05, 0.1) is 17.2 Å². The van der Waals surface area contributed by atoms with E-state index in [1.807, 2.05) is 24.3 Å². The van der Waals surface area contributed by atoms with Crippen LogP contribution in [0.15, 0.2) is 46.9 Å². The third-order valence-corrected chi connectivity index (χ3v) is 4.96. The average molecular weight is 448 g/mol. The molecule has 2 aromatic carbocycles. The largest absolute Gasteiger partial charge is 0.493 e. The van der Waals surface area contributed by atoms with Gasteiger partial charge >= 0.3 is 0 Å². The van der Waals surface area contributed by atoms with Crippen LogP contribution in [0.5, 0.6) is 11.5 Å². The summed E-state index contributed by atoms with van der Waals surface area (Å²) in [5, 5.41) is 2.90. The third kappa shape index (κ3) is 5.97. The lowest BCUT2D eigenvalue weighted by Gasteiger charge is -2.13. The predicted octanol–water partition coefficient (Wildman–Crippen LogP) is 5.29. The summed E-state index contributed by atoms with van der Waals surface area (Å²) in [5.41, 5.74) is 1.27. The number of anilines is 1. The molecule has 0 aliphatic carbocycles. The first-order chi connectivity index (χ1) is 13.5. The number of ether oxygens (including phenoxy) is 3. The lowest BCUT2D eigenvalue weighted by atomic mass is 10.2. The zero-order chi connectivity index (χ0) is 19.9. The van der Waals surface area contributed by atoms with E-state index in [0.717, 1.165) is 35.4 Å². The Kier molecular flexibility index (Phi) is 7.34. The summed E-state index contributed by atoms with van der Waals surface area (Å²) in [6, 6.07) is 12.7. The van der Waals surface area contributed by atoms with E-state index in [9.17, 15) is 4.79 Å². The summed E-state index contributed by atoms with van der Waals surface area (Å²) in [7, 11) is 0. The second-order valence-corrected chi connectivity index (χ2v) is 8.13. The summed E-state index contributed by atoms with van der Waals surface area (Å²) in [4.78, 5) is 12.5. The fraction of sp³-hybridized carbons (Fsp3) is 0.409. The highest BCUT2D eigenvalue weighted by Crippen LogP contribution is 2.27. The van der Waals surface area contributed by atoms with Gasteiger partial charge in [-0.3, -0.25) is 4.79 Å². The van der Waals surface area contributed by atoms with E-state index in [-0.39, 0.29) is 12.0 Å². The maximum Gasteiger partial charge on any atom is 0.255 e. The van der Waals surface area contributed by atoms with Crippen molar-refractivity contribution in [3.05, 3.63) is 52.5 Å². The van der Waals surface area contributed by atoms with Crippen molar-refractivity contribution >= 4 is 27.5 Å². The minimum absolute atomic E-state index is 0.155. The number of carbonyl (C=O) groups is 1. The standard InChI is InChI=1S/C22H26BrNO4/c1-15(2)13-27-18-8-6-17(7-9-18)24-22(25)16-5-10-21(20(23)12-16)28-14-19-4-3-11-26-19/h5-10,12,15,19H,3-4,11,13-14H2,1-2H3,(H,24,25). The molecule has 1 aliphatic rings. The van der Waals surface area contributed by atoms with E-state index in [0.29, 0.717) is 30.4 Å². The Morgan fingerprint density at radius 3 is 2.64 bits per heavy atom. The summed E-state index contributed by atoms with van der Waals surface area (Å²) >= 11 is 3.49. The van der Waals surface area contributed by atoms with Gasteiger partial charge in [-0.15, -0.1) is 0 Å². The van der Waals surface area contributed by atoms with Gasteiger partial charge in [0, 0.05) is 17.9 Å². The van der Waals surface area contributed by atoms with Crippen LogP contribution in [0.1, 0.15) is 37.0 Å². The molecule has 0 spiro atoms. The minimum atomic E-state index is -0.178.